The number of amides is 4. The molecule has 2 saturated heterocycles. The van der Waals surface area contributed by atoms with Crippen LogP contribution in [0.3, 0.4) is 0 Å². The van der Waals surface area contributed by atoms with Gasteiger partial charge in [-0.3, -0.25) is 15.0 Å². The van der Waals surface area contributed by atoms with Crippen molar-refractivity contribution >= 4 is 39.4 Å². The molecule has 3 aliphatic heterocycles. The second-order valence-electron chi connectivity index (χ2n) is 8.63. The van der Waals surface area contributed by atoms with Gasteiger partial charge in [0.15, 0.2) is 0 Å². The molecule has 0 spiro atoms. The molecule has 2 fully saturated rings. The van der Waals surface area contributed by atoms with Crippen LogP contribution in [-0.2, 0) is 20.4 Å². The van der Waals surface area contributed by atoms with Crippen LogP contribution in [-0.4, -0.2) is 43.7 Å². The minimum absolute atomic E-state index is 0.00953. The third-order valence-corrected chi connectivity index (χ3v) is 7.70. The predicted molar refractivity (Wildman–Crippen MR) is 124 cm³/mol. The van der Waals surface area contributed by atoms with Crippen molar-refractivity contribution in [2.24, 2.45) is 4.40 Å². The highest BCUT2D eigenvalue weighted by Crippen LogP contribution is 2.35. The number of anilines is 1. The van der Waals surface area contributed by atoms with Crippen LogP contribution < -0.4 is 15.6 Å². The summed E-state index contributed by atoms with van der Waals surface area (Å²) in [6.45, 7) is 2.20. The Morgan fingerprint density at radius 3 is 2.62 bits per heavy atom. The molecule has 1 atom stereocenters. The fraction of sp³-hybridized carbons (Fsp3) is 0.304. The first-order valence-corrected chi connectivity index (χ1v) is 12.4. The van der Waals surface area contributed by atoms with E-state index < -0.39 is 33.4 Å². The lowest BCUT2D eigenvalue weighted by atomic mass is 9.92. The molecule has 0 radical (unpaired) electrons. The minimum atomic E-state index is -3.98. The van der Waals surface area contributed by atoms with Gasteiger partial charge in [0, 0.05) is 18.5 Å². The summed E-state index contributed by atoms with van der Waals surface area (Å²) in [6.07, 6.45) is 3.34. The van der Waals surface area contributed by atoms with E-state index in [0.29, 0.717) is 35.1 Å². The Kier molecular flexibility index (Phi) is 5.16. The number of hydrogen-bond acceptors (Lipinski definition) is 6. The summed E-state index contributed by atoms with van der Waals surface area (Å²) in [6, 6.07) is 12.2. The van der Waals surface area contributed by atoms with Crippen molar-refractivity contribution in [1.82, 2.24) is 15.8 Å². The Hall–Kier alpha value is -3.73. The number of sulfonamides is 1. The van der Waals surface area contributed by atoms with E-state index >= 15 is 0 Å². The maximum atomic E-state index is 13.0. The van der Waals surface area contributed by atoms with Crippen LogP contribution in [0, 0.1) is 0 Å². The smallest absolute Gasteiger partial charge is 0.328 e. The second-order valence-corrected chi connectivity index (χ2v) is 10.2. The van der Waals surface area contributed by atoms with E-state index in [1.807, 2.05) is 4.90 Å². The van der Waals surface area contributed by atoms with Gasteiger partial charge in [-0.05, 0) is 43.5 Å². The van der Waals surface area contributed by atoms with Crippen molar-refractivity contribution in [1.29, 1.82) is 0 Å². The molecule has 2 aromatic carbocycles. The molecule has 1 unspecified atom stereocenters. The summed E-state index contributed by atoms with van der Waals surface area (Å²) < 4.78 is 29.6. The number of hydrazine groups is 1. The van der Waals surface area contributed by atoms with Gasteiger partial charge in [-0.2, -0.15) is 13.4 Å². The Bertz CT molecular complexity index is 1340. The number of rotatable bonds is 3. The van der Waals surface area contributed by atoms with Gasteiger partial charge < -0.3 is 10.2 Å². The fourth-order valence-corrected chi connectivity index (χ4v) is 5.78. The summed E-state index contributed by atoms with van der Waals surface area (Å²) in [4.78, 5) is 40.3. The molecular formula is C23H23N5O5S. The van der Waals surface area contributed by atoms with Crippen LogP contribution in [0.5, 0.6) is 0 Å². The van der Waals surface area contributed by atoms with E-state index in [-0.39, 0.29) is 10.5 Å². The lowest BCUT2D eigenvalue weighted by Gasteiger charge is -2.29. The number of hydrogen-bond donors (Lipinski definition) is 2. The standard InChI is InChI=1S/C23H23N5O5S/c1-23(16-8-4-2-5-9-16)21(30)28(22(31)24-23)25-20(29)15-11-12-17-18(14-15)34(32,33)26-19-10-6-3-7-13-27(17)19/h2,4-5,8-9,11-12,14H,3,6-7,10,13H2,1H3,(H,24,31)(H,25,29). The maximum absolute atomic E-state index is 13.0. The van der Waals surface area contributed by atoms with Crippen molar-refractivity contribution in [2.75, 3.05) is 11.4 Å². The first-order valence-electron chi connectivity index (χ1n) is 11.0. The summed E-state index contributed by atoms with van der Waals surface area (Å²) in [5.74, 6) is -0.923. The number of urea groups is 1. The number of amidine groups is 1. The van der Waals surface area contributed by atoms with Gasteiger partial charge in [0.25, 0.3) is 21.8 Å². The van der Waals surface area contributed by atoms with Crippen LogP contribution in [0.2, 0.25) is 0 Å². The molecule has 10 nitrogen and oxygen atoms in total. The van der Waals surface area contributed by atoms with Crippen LogP contribution in [0.15, 0.2) is 57.8 Å². The number of imide groups is 1. The van der Waals surface area contributed by atoms with Gasteiger partial charge in [-0.25, -0.2) is 4.79 Å². The zero-order valence-corrected chi connectivity index (χ0v) is 19.3. The maximum Gasteiger partial charge on any atom is 0.344 e. The number of benzene rings is 2. The zero-order valence-electron chi connectivity index (χ0n) is 18.4. The van der Waals surface area contributed by atoms with Crippen molar-refractivity contribution in [3.05, 3.63) is 59.7 Å². The Morgan fingerprint density at radius 1 is 1.09 bits per heavy atom. The van der Waals surface area contributed by atoms with E-state index in [2.05, 4.69) is 15.1 Å². The third-order valence-electron chi connectivity index (χ3n) is 6.37. The van der Waals surface area contributed by atoms with E-state index in [1.54, 1.807) is 43.3 Å². The average molecular weight is 482 g/mol. The molecule has 3 heterocycles. The fourth-order valence-electron chi connectivity index (χ4n) is 4.49. The molecule has 11 heteroatoms. The SMILES string of the molecule is CC1(c2ccccc2)NC(=O)N(NC(=O)c2ccc3c(c2)S(=O)(=O)N=C2CCCCCN23)C1=O. The second kappa shape index (κ2) is 7.94. The Balaban J connectivity index is 1.42. The average Bonchev–Trinajstić information content (AvgIpc) is 2.97. The molecule has 2 aromatic rings. The van der Waals surface area contributed by atoms with Crippen molar-refractivity contribution < 1.29 is 22.8 Å². The van der Waals surface area contributed by atoms with Crippen LogP contribution in [0.25, 0.3) is 0 Å². The lowest BCUT2D eigenvalue weighted by molar-refractivity contribution is -0.132. The Labute approximate surface area is 196 Å². The minimum Gasteiger partial charge on any atom is -0.328 e. The molecule has 4 amide bonds. The van der Waals surface area contributed by atoms with Gasteiger partial charge >= 0.3 is 6.03 Å². The van der Waals surface area contributed by atoms with Crippen molar-refractivity contribution in [3.8, 4) is 0 Å². The summed E-state index contributed by atoms with van der Waals surface area (Å²) in [5, 5.41) is 3.23. The predicted octanol–water partition coefficient (Wildman–Crippen LogP) is 2.28. The molecule has 176 valence electrons. The van der Waals surface area contributed by atoms with Gasteiger partial charge in [-0.15, -0.1) is 4.40 Å². The molecule has 0 saturated carbocycles. The topological polar surface area (TPSA) is 128 Å². The highest BCUT2D eigenvalue weighted by molar-refractivity contribution is 7.90. The highest BCUT2D eigenvalue weighted by atomic mass is 32.2. The van der Waals surface area contributed by atoms with Gasteiger partial charge in [0.1, 0.15) is 16.3 Å². The summed E-state index contributed by atoms with van der Waals surface area (Å²) >= 11 is 0. The molecule has 0 bridgehead atoms. The van der Waals surface area contributed by atoms with E-state index in [0.717, 1.165) is 19.3 Å². The number of nitrogens with zero attached hydrogens (tertiary/aromatic N) is 3. The van der Waals surface area contributed by atoms with Gasteiger partial charge in [0.05, 0.1) is 5.69 Å². The number of nitrogens with one attached hydrogen (secondary N) is 2. The molecular weight excluding hydrogens is 458 g/mol. The molecule has 3 aliphatic rings. The summed E-state index contributed by atoms with van der Waals surface area (Å²) in [7, 11) is -3.98. The van der Waals surface area contributed by atoms with Crippen molar-refractivity contribution in [3.63, 3.8) is 0 Å². The summed E-state index contributed by atoms with van der Waals surface area (Å²) in [5.41, 5.74) is 2.00. The zero-order chi connectivity index (χ0) is 24.1. The lowest BCUT2D eigenvalue weighted by Crippen LogP contribution is -2.48. The van der Waals surface area contributed by atoms with E-state index in [4.69, 9.17) is 0 Å². The monoisotopic (exact) mass is 481 g/mol. The van der Waals surface area contributed by atoms with Crippen molar-refractivity contribution in [2.45, 2.75) is 43.0 Å². The third kappa shape index (κ3) is 3.52. The van der Waals surface area contributed by atoms with Crippen LogP contribution >= 0.6 is 0 Å². The highest BCUT2D eigenvalue weighted by Gasteiger charge is 2.50. The molecule has 2 N–H and O–H groups in total. The quantitative estimate of drug-likeness (QED) is 0.648. The van der Waals surface area contributed by atoms with E-state index in [1.165, 1.54) is 12.1 Å². The molecule has 5 rings (SSSR count). The first-order chi connectivity index (χ1) is 16.2. The van der Waals surface area contributed by atoms with Gasteiger partial charge in [-0.1, -0.05) is 36.8 Å². The molecule has 34 heavy (non-hydrogen) atoms. The van der Waals surface area contributed by atoms with Gasteiger partial charge in [0.2, 0.25) is 0 Å². The Morgan fingerprint density at radius 2 is 1.85 bits per heavy atom. The van der Waals surface area contributed by atoms with Crippen LogP contribution in [0.1, 0.15) is 48.5 Å². The number of carbonyl (C=O) groups excluding carboxylic acids is 3. The normalized spacial score (nSPS) is 23.4. The molecule has 0 aromatic heterocycles. The molecule has 0 aliphatic carbocycles. The number of carbonyl (C=O) groups is 3. The number of fused-ring (bicyclic) bond motifs is 3. The van der Waals surface area contributed by atoms with Crippen LogP contribution in [0.4, 0.5) is 10.5 Å². The largest absolute Gasteiger partial charge is 0.344 e. The first kappa shape index (κ1) is 22.1. The van der Waals surface area contributed by atoms with E-state index in [9.17, 15) is 22.8 Å².